The Hall–Kier alpha value is -2.70. The summed E-state index contributed by atoms with van der Waals surface area (Å²) in [7, 11) is 0. The topological polar surface area (TPSA) is 88.9 Å². The molecule has 3 rings (SSSR count). The molecule has 0 saturated carbocycles. The lowest BCUT2D eigenvalue weighted by Gasteiger charge is -2.11. The molecule has 1 saturated heterocycles. The Morgan fingerprint density at radius 2 is 2.29 bits per heavy atom. The zero-order valence-corrected chi connectivity index (χ0v) is 11.5. The van der Waals surface area contributed by atoms with E-state index in [0.29, 0.717) is 18.5 Å². The van der Waals surface area contributed by atoms with Crippen LogP contribution in [0.15, 0.2) is 30.7 Å². The second-order valence-electron chi connectivity index (χ2n) is 4.90. The second-order valence-corrected chi connectivity index (χ2v) is 4.90. The van der Waals surface area contributed by atoms with Gasteiger partial charge in [-0.15, -0.1) is 0 Å². The SMILES string of the molecule is Cc1nccn1-c1ccc(NC(=O)C2CCC(=O)N2)cn1. The summed E-state index contributed by atoms with van der Waals surface area (Å²) in [5, 5.41) is 5.38. The average Bonchev–Trinajstić information content (AvgIpc) is 3.08. The third-order valence-corrected chi connectivity index (χ3v) is 3.40. The van der Waals surface area contributed by atoms with Crippen LogP contribution in [0.4, 0.5) is 5.69 Å². The van der Waals surface area contributed by atoms with Gasteiger partial charge in [-0.1, -0.05) is 0 Å². The molecule has 3 heterocycles. The fraction of sp³-hybridized carbons (Fsp3) is 0.286. The maximum absolute atomic E-state index is 12.0. The zero-order chi connectivity index (χ0) is 14.8. The van der Waals surface area contributed by atoms with Gasteiger partial charge in [0.05, 0.1) is 11.9 Å². The molecule has 21 heavy (non-hydrogen) atoms. The Balaban J connectivity index is 1.69. The number of hydrogen-bond donors (Lipinski definition) is 2. The van der Waals surface area contributed by atoms with Crippen molar-refractivity contribution in [3.8, 4) is 5.82 Å². The highest BCUT2D eigenvalue weighted by Crippen LogP contribution is 2.13. The lowest BCUT2D eigenvalue weighted by molar-refractivity contribution is -0.122. The normalized spacial score (nSPS) is 17.6. The van der Waals surface area contributed by atoms with Gasteiger partial charge >= 0.3 is 0 Å². The third-order valence-electron chi connectivity index (χ3n) is 3.40. The molecule has 2 aromatic rings. The lowest BCUT2D eigenvalue weighted by Crippen LogP contribution is -2.37. The molecular formula is C14H15N5O2. The number of nitrogens with zero attached hydrogens (tertiary/aromatic N) is 3. The molecule has 1 aliphatic heterocycles. The van der Waals surface area contributed by atoms with Crippen molar-refractivity contribution in [3.63, 3.8) is 0 Å². The number of imidazole rings is 1. The maximum atomic E-state index is 12.0. The van der Waals surface area contributed by atoms with Gasteiger partial charge in [0.1, 0.15) is 17.7 Å². The number of anilines is 1. The molecule has 108 valence electrons. The van der Waals surface area contributed by atoms with E-state index in [-0.39, 0.29) is 11.8 Å². The first kappa shape index (κ1) is 13.3. The maximum Gasteiger partial charge on any atom is 0.247 e. The Kier molecular flexibility index (Phi) is 3.39. The number of nitrogens with one attached hydrogen (secondary N) is 2. The van der Waals surface area contributed by atoms with E-state index in [2.05, 4.69) is 20.6 Å². The van der Waals surface area contributed by atoms with E-state index in [1.807, 2.05) is 17.7 Å². The first-order valence-corrected chi connectivity index (χ1v) is 6.70. The van der Waals surface area contributed by atoms with Crippen molar-refractivity contribution < 1.29 is 9.59 Å². The van der Waals surface area contributed by atoms with Crippen molar-refractivity contribution in [3.05, 3.63) is 36.5 Å². The zero-order valence-electron chi connectivity index (χ0n) is 11.5. The summed E-state index contributed by atoms with van der Waals surface area (Å²) >= 11 is 0. The second kappa shape index (κ2) is 5.35. The van der Waals surface area contributed by atoms with E-state index < -0.39 is 6.04 Å². The number of hydrogen-bond acceptors (Lipinski definition) is 4. The first-order chi connectivity index (χ1) is 10.1. The van der Waals surface area contributed by atoms with Crippen molar-refractivity contribution in [2.75, 3.05) is 5.32 Å². The highest BCUT2D eigenvalue weighted by Gasteiger charge is 2.27. The number of aromatic nitrogens is 3. The molecule has 0 spiro atoms. The number of rotatable bonds is 3. The number of aryl methyl sites for hydroxylation is 1. The van der Waals surface area contributed by atoms with Crippen molar-refractivity contribution in [2.45, 2.75) is 25.8 Å². The van der Waals surface area contributed by atoms with E-state index in [1.165, 1.54) is 0 Å². The van der Waals surface area contributed by atoms with Gasteiger partial charge in [0, 0.05) is 18.8 Å². The summed E-state index contributed by atoms with van der Waals surface area (Å²) in [6.45, 7) is 1.89. The largest absolute Gasteiger partial charge is 0.344 e. The number of carbonyl (C=O) groups is 2. The summed E-state index contributed by atoms with van der Waals surface area (Å²) in [5.41, 5.74) is 0.600. The van der Waals surface area contributed by atoms with Crippen LogP contribution in [0, 0.1) is 6.92 Å². The Labute approximate surface area is 121 Å². The van der Waals surface area contributed by atoms with E-state index in [0.717, 1.165) is 11.6 Å². The minimum Gasteiger partial charge on any atom is -0.344 e. The van der Waals surface area contributed by atoms with Gasteiger partial charge in [0.25, 0.3) is 0 Å². The quantitative estimate of drug-likeness (QED) is 0.872. The molecule has 0 aliphatic carbocycles. The van der Waals surface area contributed by atoms with Crippen molar-refractivity contribution in [2.24, 2.45) is 0 Å². The van der Waals surface area contributed by atoms with Crippen LogP contribution >= 0.6 is 0 Å². The molecule has 1 fully saturated rings. The van der Waals surface area contributed by atoms with Crippen LogP contribution in [0.2, 0.25) is 0 Å². The highest BCUT2D eigenvalue weighted by atomic mass is 16.2. The minimum absolute atomic E-state index is 0.0841. The lowest BCUT2D eigenvalue weighted by atomic mass is 10.2. The molecule has 0 aromatic carbocycles. The fourth-order valence-corrected chi connectivity index (χ4v) is 2.26. The van der Waals surface area contributed by atoms with Gasteiger partial charge < -0.3 is 10.6 Å². The first-order valence-electron chi connectivity index (χ1n) is 6.70. The van der Waals surface area contributed by atoms with E-state index >= 15 is 0 Å². The molecule has 1 unspecified atom stereocenters. The Morgan fingerprint density at radius 3 is 2.86 bits per heavy atom. The predicted octanol–water partition coefficient (Wildman–Crippen LogP) is 0.793. The van der Waals surface area contributed by atoms with Crippen LogP contribution in [0.1, 0.15) is 18.7 Å². The molecule has 7 nitrogen and oxygen atoms in total. The van der Waals surface area contributed by atoms with Crippen LogP contribution in [-0.2, 0) is 9.59 Å². The van der Waals surface area contributed by atoms with Crippen LogP contribution in [0.5, 0.6) is 0 Å². The van der Waals surface area contributed by atoms with Crippen LogP contribution in [-0.4, -0.2) is 32.4 Å². The molecule has 2 aromatic heterocycles. The van der Waals surface area contributed by atoms with Gasteiger partial charge in [0.2, 0.25) is 11.8 Å². The summed E-state index contributed by atoms with van der Waals surface area (Å²) < 4.78 is 1.85. The van der Waals surface area contributed by atoms with E-state index in [4.69, 9.17) is 0 Å². The standard InChI is InChI=1S/C14H15N5O2/c1-9-15-6-7-19(9)12-4-2-10(8-16-12)17-14(21)11-3-5-13(20)18-11/h2,4,6-8,11H,3,5H2,1H3,(H,17,21)(H,18,20). The summed E-state index contributed by atoms with van der Waals surface area (Å²) in [4.78, 5) is 31.5. The van der Waals surface area contributed by atoms with Crippen LogP contribution < -0.4 is 10.6 Å². The minimum atomic E-state index is -0.451. The predicted molar refractivity (Wildman–Crippen MR) is 75.9 cm³/mol. The molecule has 0 bridgehead atoms. The Bertz CT molecular complexity index is 677. The molecular weight excluding hydrogens is 270 g/mol. The molecule has 0 radical (unpaired) electrons. The molecule has 2 N–H and O–H groups in total. The van der Waals surface area contributed by atoms with Gasteiger partial charge in [-0.3, -0.25) is 14.2 Å². The van der Waals surface area contributed by atoms with Crippen molar-refractivity contribution >= 4 is 17.5 Å². The molecule has 1 atom stereocenters. The smallest absolute Gasteiger partial charge is 0.247 e. The summed E-state index contributed by atoms with van der Waals surface area (Å²) in [6.07, 6.45) is 6.04. The fourth-order valence-electron chi connectivity index (χ4n) is 2.26. The van der Waals surface area contributed by atoms with Crippen LogP contribution in [0.3, 0.4) is 0 Å². The summed E-state index contributed by atoms with van der Waals surface area (Å²) in [5.74, 6) is 1.28. The summed E-state index contributed by atoms with van der Waals surface area (Å²) in [6, 6.07) is 3.13. The molecule has 2 amide bonds. The Morgan fingerprint density at radius 1 is 1.43 bits per heavy atom. The average molecular weight is 285 g/mol. The number of carbonyl (C=O) groups excluding carboxylic acids is 2. The molecule has 7 heteroatoms. The van der Waals surface area contributed by atoms with Gasteiger partial charge in [-0.05, 0) is 25.5 Å². The number of amides is 2. The van der Waals surface area contributed by atoms with Crippen molar-refractivity contribution in [1.82, 2.24) is 19.9 Å². The monoisotopic (exact) mass is 285 g/mol. The van der Waals surface area contributed by atoms with E-state index in [9.17, 15) is 9.59 Å². The molecule has 1 aliphatic rings. The van der Waals surface area contributed by atoms with Crippen molar-refractivity contribution in [1.29, 1.82) is 0 Å². The third kappa shape index (κ3) is 2.76. The van der Waals surface area contributed by atoms with E-state index in [1.54, 1.807) is 24.5 Å². The van der Waals surface area contributed by atoms with Gasteiger partial charge in [-0.2, -0.15) is 0 Å². The van der Waals surface area contributed by atoms with Crippen LogP contribution in [0.25, 0.3) is 5.82 Å². The number of pyridine rings is 1. The highest BCUT2D eigenvalue weighted by molar-refractivity contribution is 5.98. The van der Waals surface area contributed by atoms with Gasteiger partial charge in [-0.25, -0.2) is 9.97 Å². The van der Waals surface area contributed by atoms with Gasteiger partial charge in [0.15, 0.2) is 0 Å².